The first kappa shape index (κ1) is 17.8. The van der Waals surface area contributed by atoms with Crippen molar-refractivity contribution in [2.24, 2.45) is 11.8 Å². The van der Waals surface area contributed by atoms with E-state index in [-0.39, 0.29) is 24.1 Å². The monoisotopic (exact) mass is 300 g/mol. The molecule has 1 rings (SSSR count). The molecule has 2 amide bonds. The van der Waals surface area contributed by atoms with Crippen molar-refractivity contribution in [3.8, 4) is 0 Å². The number of urea groups is 1. The minimum atomic E-state index is -0.763. The number of amides is 2. The van der Waals surface area contributed by atoms with Gasteiger partial charge in [-0.05, 0) is 33.1 Å². The molecule has 1 heterocycles. The van der Waals surface area contributed by atoms with Crippen LogP contribution in [0.15, 0.2) is 0 Å². The van der Waals surface area contributed by atoms with Crippen LogP contribution in [0.4, 0.5) is 4.79 Å². The Labute approximate surface area is 126 Å². The Balaban J connectivity index is 2.11. The van der Waals surface area contributed by atoms with E-state index < -0.39 is 5.97 Å². The van der Waals surface area contributed by atoms with Crippen molar-refractivity contribution in [2.75, 3.05) is 13.2 Å². The molecule has 3 N–H and O–H groups in total. The summed E-state index contributed by atoms with van der Waals surface area (Å²) in [5, 5.41) is 14.6. The lowest BCUT2D eigenvalue weighted by molar-refractivity contribution is -0.141. The Kier molecular flexibility index (Phi) is 7.50. The van der Waals surface area contributed by atoms with Crippen LogP contribution in [-0.4, -0.2) is 42.4 Å². The molecule has 4 atom stereocenters. The molecule has 1 aliphatic rings. The minimum absolute atomic E-state index is 0.0447. The molecule has 1 saturated heterocycles. The molecule has 0 aromatic rings. The number of ether oxygens (including phenoxy) is 1. The smallest absolute Gasteiger partial charge is 0.315 e. The summed E-state index contributed by atoms with van der Waals surface area (Å²) in [6.45, 7) is 7.08. The molecular formula is C15H28N2O4. The van der Waals surface area contributed by atoms with Crippen molar-refractivity contribution < 1.29 is 19.4 Å². The number of nitrogens with one attached hydrogen (secondary N) is 2. The second kappa shape index (κ2) is 8.87. The lowest BCUT2D eigenvalue weighted by Gasteiger charge is -2.18. The molecular weight excluding hydrogens is 272 g/mol. The molecule has 21 heavy (non-hydrogen) atoms. The third-order valence-corrected chi connectivity index (χ3v) is 4.13. The molecule has 4 unspecified atom stereocenters. The van der Waals surface area contributed by atoms with E-state index >= 15 is 0 Å². The average Bonchev–Trinajstić information content (AvgIpc) is 2.81. The van der Waals surface area contributed by atoms with Gasteiger partial charge in [-0.15, -0.1) is 0 Å². The molecule has 6 nitrogen and oxygen atoms in total. The molecule has 0 bridgehead atoms. The zero-order valence-corrected chi connectivity index (χ0v) is 13.2. The van der Waals surface area contributed by atoms with E-state index in [4.69, 9.17) is 9.84 Å². The first-order chi connectivity index (χ1) is 9.90. The topological polar surface area (TPSA) is 87.7 Å². The van der Waals surface area contributed by atoms with Gasteiger partial charge in [0.15, 0.2) is 0 Å². The molecule has 0 saturated carbocycles. The maximum atomic E-state index is 11.8. The predicted octanol–water partition coefficient (Wildman–Crippen LogP) is 1.99. The second-order valence-corrected chi connectivity index (χ2v) is 6.05. The van der Waals surface area contributed by atoms with Gasteiger partial charge in [0.2, 0.25) is 0 Å². The quantitative estimate of drug-likeness (QED) is 0.639. The van der Waals surface area contributed by atoms with Gasteiger partial charge in [0.1, 0.15) is 0 Å². The highest BCUT2D eigenvalue weighted by Gasteiger charge is 2.24. The number of hydrogen-bond acceptors (Lipinski definition) is 3. The van der Waals surface area contributed by atoms with Crippen LogP contribution in [-0.2, 0) is 9.53 Å². The first-order valence-corrected chi connectivity index (χ1v) is 7.79. The lowest BCUT2D eigenvalue weighted by Crippen LogP contribution is -2.43. The normalized spacial score (nSPS) is 24.3. The molecule has 0 radical (unpaired) electrons. The van der Waals surface area contributed by atoms with E-state index in [0.29, 0.717) is 18.9 Å². The van der Waals surface area contributed by atoms with Gasteiger partial charge < -0.3 is 20.5 Å². The van der Waals surface area contributed by atoms with E-state index in [0.717, 1.165) is 25.9 Å². The number of carboxylic acid groups (broad SMARTS) is 1. The number of hydrogen-bond donors (Lipinski definition) is 3. The average molecular weight is 300 g/mol. The zero-order chi connectivity index (χ0) is 15.8. The summed E-state index contributed by atoms with van der Waals surface area (Å²) in [4.78, 5) is 22.5. The Morgan fingerprint density at radius 2 is 2.05 bits per heavy atom. The Hall–Kier alpha value is -1.30. The molecule has 6 heteroatoms. The van der Waals surface area contributed by atoms with Crippen LogP contribution in [0.3, 0.4) is 0 Å². The molecule has 0 aromatic heterocycles. The van der Waals surface area contributed by atoms with Gasteiger partial charge in [0.05, 0.1) is 12.0 Å². The highest BCUT2D eigenvalue weighted by molar-refractivity contribution is 5.74. The Morgan fingerprint density at radius 3 is 2.62 bits per heavy atom. The predicted molar refractivity (Wildman–Crippen MR) is 80.2 cm³/mol. The molecule has 1 aliphatic heterocycles. The van der Waals surface area contributed by atoms with Crippen molar-refractivity contribution in [3.05, 3.63) is 0 Å². The Bertz CT molecular complexity index is 349. The van der Waals surface area contributed by atoms with Crippen LogP contribution in [0.2, 0.25) is 0 Å². The first-order valence-electron chi connectivity index (χ1n) is 7.79. The van der Waals surface area contributed by atoms with Gasteiger partial charge in [0.25, 0.3) is 0 Å². The summed E-state index contributed by atoms with van der Waals surface area (Å²) < 4.78 is 5.45. The highest BCUT2D eigenvalue weighted by atomic mass is 16.5. The largest absolute Gasteiger partial charge is 0.481 e. The summed E-state index contributed by atoms with van der Waals surface area (Å²) >= 11 is 0. The molecule has 0 aromatic carbocycles. The number of carbonyl (C=O) groups excluding carboxylic acids is 1. The van der Waals surface area contributed by atoms with Crippen molar-refractivity contribution in [1.29, 1.82) is 0 Å². The fourth-order valence-electron chi connectivity index (χ4n) is 2.47. The second-order valence-electron chi connectivity index (χ2n) is 6.05. The molecule has 122 valence electrons. The summed E-state index contributed by atoms with van der Waals surface area (Å²) in [5.74, 6) is -0.696. The van der Waals surface area contributed by atoms with Crippen LogP contribution in [0.5, 0.6) is 0 Å². The maximum Gasteiger partial charge on any atom is 0.315 e. The summed E-state index contributed by atoms with van der Waals surface area (Å²) in [5.41, 5.74) is 0. The van der Waals surface area contributed by atoms with Gasteiger partial charge in [-0.2, -0.15) is 0 Å². The van der Waals surface area contributed by atoms with E-state index in [1.54, 1.807) is 6.92 Å². The SMILES string of the molecule is CC(CCCC(C)C(=O)O)NC(=O)NCC1CCOC1C. The minimum Gasteiger partial charge on any atom is -0.481 e. The number of carboxylic acids is 1. The summed E-state index contributed by atoms with van der Waals surface area (Å²) in [6, 6.07) is -0.115. The van der Waals surface area contributed by atoms with E-state index in [1.807, 2.05) is 13.8 Å². The standard InChI is InChI=1S/C15H28N2O4/c1-10(14(18)19)5-4-6-11(2)17-15(20)16-9-13-7-8-21-12(13)3/h10-13H,4-9H2,1-3H3,(H,18,19)(H2,16,17,20). The van der Waals surface area contributed by atoms with Gasteiger partial charge in [-0.25, -0.2) is 4.79 Å². The van der Waals surface area contributed by atoms with E-state index in [9.17, 15) is 9.59 Å². The van der Waals surface area contributed by atoms with Crippen LogP contribution >= 0.6 is 0 Å². The van der Waals surface area contributed by atoms with Crippen LogP contribution < -0.4 is 10.6 Å². The zero-order valence-electron chi connectivity index (χ0n) is 13.2. The van der Waals surface area contributed by atoms with Gasteiger partial charge in [0, 0.05) is 25.1 Å². The maximum absolute atomic E-state index is 11.8. The van der Waals surface area contributed by atoms with Crippen LogP contribution in [0.1, 0.15) is 46.5 Å². The van der Waals surface area contributed by atoms with Crippen LogP contribution in [0.25, 0.3) is 0 Å². The van der Waals surface area contributed by atoms with Gasteiger partial charge >= 0.3 is 12.0 Å². The summed E-state index contributed by atoms with van der Waals surface area (Å²) in [7, 11) is 0. The number of aliphatic carboxylic acids is 1. The fraction of sp³-hybridized carbons (Fsp3) is 0.867. The fourth-order valence-corrected chi connectivity index (χ4v) is 2.47. The van der Waals surface area contributed by atoms with Crippen LogP contribution in [0, 0.1) is 11.8 Å². The third kappa shape index (κ3) is 6.80. The summed E-state index contributed by atoms with van der Waals surface area (Å²) in [6.07, 6.45) is 3.42. The molecule has 0 aliphatic carbocycles. The van der Waals surface area contributed by atoms with Gasteiger partial charge in [-0.3, -0.25) is 4.79 Å². The van der Waals surface area contributed by atoms with Crippen molar-refractivity contribution in [3.63, 3.8) is 0 Å². The molecule has 0 spiro atoms. The third-order valence-electron chi connectivity index (χ3n) is 4.13. The van der Waals surface area contributed by atoms with Crippen molar-refractivity contribution >= 4 is 12.0 Å². The highest BCUT2D eigenvalue weighted by Crippen LogP contribution is 2.19. The van der Waals surface area contributed by atoms with E-state index in [1.165, 1.54) is 0 Å². The van der Waals surface area contributed by atoms with Crippen molar-refractivity contribution in [2.45, 2.75) is 58.6 Å². The Morgan fingerprint density at radius 1 is 1.33 bits per heavy atom. The number of rotatable bonds is 8. The van der Waals surface area contributed by atoms with Crippen molar-refractivity contribution in [1.82, 2.24) is 10.6 Å². The lowest BCUT2D eigenvalue weighted by atomic mass is 10.0. The van der Waals surface area contributed by atoms with Gasteiger partial charge in [-0.1, -0.05) is 13.3 Å². The van der Waals surface area contributed by atoms with E-state index in [2.05, 4.69) is 10.6 Å². The number of carbonyl (C=O) groups is 2. The molecule has 1 fully saturated rings.